The smallest absolute Gasteiger partial charge is 0.143 e. The van der Waals surface area contributed by atoms with Crippen molar-refractivity contribution in [2.45, 2.75) is 12.6 Å². The van der Waals surface area contributed by atoms with Gasteiger partial charge in [-0.3, -0.25) is 5.01 Å². The van der Waals surface area contributed by atoms with Crippen LogP contribution in [0.25, 0.3) is 0 Å². The Balaban J connectivity index is 3.06. The summed E-state index contributed by atoms with van der Waals surface area (Å²) in [5, 5.41) is 2.80. The van der Waals surface area contributed by atoms with Crippen molar-refractivity contribution in [1.82, 2.24) is 10.1 Å². The Hall–Kier alpha value is -0.980. The average molecular weight is 158 g/mol. The molecule has 1 unspecified atom stereocenters. The molecular formula is C5H14N6. The summed E-state index contributed by atoms with van der Waals surface area (Å²) in [7, 11) is 1.69. The molecular weight excluding hydrogens is 144 g/mol. The molecule has 0 saturated heterocycles. The lowest BCUT2D eigenvalue weighted by atomic mass is 10.2. The number of nitrogens with zero attached hydrogens (tertiary/aromatic N) is 2. The van der Waals surface area contributed by atoms with Crippen LogP contribution in [0.15, 0.2) is 11.5 Å². The van der Waals surface area contributed by atoms with Crippen LogP contribution in [0.1, 0.15) is 6.92 Å². The van der Waals surface area contributed by atoms with Crippen LogP contribution in [0.4, 0.5) is 0 Å². The first-order valence-electron chi connectivity index (χ1n) is 3.22. The molecule has 0 amide bonds. The molecule has 0 radical (unpaired) electrons. The van der Waals surface area contributed by atoms with Crippen molar-refractivity contribution in [3.05, 3.63) is 11.5 Å². The molecule has 1 aliphatic heterocycles. The van der Waals surface area contributed by atoms with Gasteiger partial charge in [-0.1, -0.05) is 0 Å². The average Bonchev–Trinajstić information content (AvgIpc) is 2.06. The van der Waals surface area contributed by atoms with Gasteiger partial charge >= 0.3 is 0 Å². The lowest BCUT2D eigenvalue weighted by Gasteiger charge is -2.31. The highest BCUT2D eigenvalue weighted by Gasteiger charge is 2.40. The maximum absolute atomic E-state index is 5.74. The number of hydrogen-bond acceptors (Lipinski definition) is 6. The van der Waals surface area contributed by atoms with E-state index in [1.807, 2.05) is 0 Å². The molecule has 1 aliphatic rings. The summed E-state index contributed by atoms with van der Waals surface area (Å²) in [6.07, 6.45) is 0. The topological polar surface area (TPSA) is 111 Å². The van der Waals surface area contributed by atoms with Crippen molar-refractivity contribution < 1.29 is 0 Å². The Morgan fingerprint density at radius 2 is 1.82 bits per heavy atom. The van der Waals surface area contributed by atoms with Crippen LogP contribution < -0.4 is 23.0 Å². The number of nitrogens with two attached hydrogens (primary N) is 4. The summed E-state index contributed by atoms with van der Waals surface area (Å²) in [6.45, 7) is 1.69. The van der Waals surface area contributed by atoms with E-state index in [0.29, 0.717) is 11.5 Å². The van der Waals surface area contributed by atoms with Crippen molar-refractivity contribution in [1.29, 1.82) is 0 Å². The SMILES string of the molecule is CN1C(N)=C(N)C(C)(N)N1N. The van der Waals surface area contributed by atoms with Crippen LogP contribution in [0, 0.1) is 0 Å². The molecule has 8 N–H and O–H groups in total. The Morgan fingerprint density at radius 1 is 1.36 bits per heavy atom. The molecule has 6 nitrogen and oxygen atoms in total. The molecule has 0 spiro atoms. The van der Waals surface area contributed by atoms with Gasteiger partial charge in [-0.25, -0.2) is 5.84 Å². The van der Waals surface area contributed by atoms with Crippen LogP contribution in [-0.4, -0.2) is 22.8 Å². The van der Waals surface area contributed by atoms with Gasteiger partial charge in [0.2, 0.25) is 0 Å². The minimum atomic E-state index is -0.876. The summed E-state index contributed by atoms with van der Waals surface area (Å²) in [4.78, 5) is 0. The zero-order valence-corrected chi connectivity index (χ0v) is 6.70. The van der Waals surface area contributed by atoms with E-state index >= 15 is 0 Å². The van der Waals surface area contributed by atoms with E-state index < -0.39 is 5.66 Å². The first-order chi connectivity index (χ1) is 4.89. The van der Waals surface area contributed by atoms with Crippen LogP contribution in [0.3, 0.4) is 0 Å². The molecule has 1 atom stereocenters. The fraction of sp³-hybridized carbons (Fsp3) is 0.600. The summed E-state index contributed by atoms with van der Waals surface area (Å²) >= 11 is 0. The standard InChI is InChI=1S/C5H14N6/c1-5(8)3(6)4(7)10(2)11(5)9/h6-9H2,1-2H3. The van der Waals surface area contributed by atoms with Crippen LogP contribution in [0.2, 0.25) is 0 Å². The van der Waals surface area contributed by atoms with Gasteiger partial charge in [0, 0.05) is 7.05 Å². The first-order valence-corrected chi connectivity index (χ1v) is 3.22. The quantitative estimate of drug-likeness (QED) is 0.297. The van der Waals surface area contributed by atoms with Crippen LogP contribution in [-0.2, 0) is 0 Å². The molecule has 0 aliphatic carbocycles. The van der Waals surface area contributed by atoms with Gasteiger partial charge in [-0.15, -0.1) is 5.12 Å². The molecule has 1 rings (SSSR count). The molecule has 0 aromatic heterocycles. The fourth-order valence-electron chi connectivity index (χ4n) is 0.985. The molecule has 64 valence electrons. The summed E-state index contributed by atoms with van der Waals surface area (Å²) in [6, 6.07) is 0. The molecule has 0 bridgehead atoms. The van der Waals surface area contributed by atoms with Crippen LogP contribution >= 0.6 is 0 Å². The lowest BCUT2D eigenvalue weighted by molar-refractivity contribution is -0.0178. The Morgan fingerprint density at radius 3 is 1.91 bits per heavy atom. The highest BCUT2D eigenvalue weighted by molar-refractivity contribution is 5.22. The third-order valence-electron chi connectivity index (χ3n) is 1.97. The maximum atomic E-state index is 5.74. The third-order valence-corrected chi connectivity index (χ3v) is 1.97. The van der Waals surface area contributed by atoms with Gasteiger partial charge in [-0.2, -0.15) is 0 Å². The van der Waals surface area contributed by atoms with E-state index in [4.69, 9.17) is 23.0 Å². The minimum absolute atomic E-state index is 0.391. The van der Waals surface area contributed by atoms with E-state index in [0.717, 1.165) is 0 Å². The molecule has 0 aromatic rings. The number of hydrogen-bond donors (Lipinski definition) is 4. The number of rotatable bonds is 0. The largest absolute Gasteiger partial charge is 0.396 e. The van der Waals surface area contributed by atoms with Crippen molar-refractivity contribution in [2.75, 3.05) is 7.05 Å². The van der Waals surface area contributed by atoms with Gasteiger partial charge in [-0.05, 0) is 6.92 Å². The molecule has 11 heavy (non-hydrogen) atoms. The van der Waals surface area contributed by atoms with Gasteiger partial charge in [0.1, 0.15) is 11.5 Å². The van der Waals surface area contributed by atoms with E-state index in [2.05, 4.69) is 0 Å². The van der Waals surface area contributed by atoms with Crippen LogP contribution in [0.5, 0.6) is 0 Å². The summed E-state index contributed by atoms with van der Waals surface area (Å²) < 4.78 is 0. The second-order valence-electron chi connectivity index (χ2n) is 2.81. The summed E-state index contributed by atoms with van der Waals surface area (Å²) in [5.41, 5.74) is 16.4. The zero-order chi connectivity index (χ0) is 8.81. The molecule has 1 heterocycles. The van der Waals surface area contributed by atoms with Gasteiger partial charge in [0.25, 0.3) is 0 Å². The Kier molecular flexibility index (Phi) is 1.48. The Bertz CT molecular complexity index is 207. The van der Waals surface area contributed by atoms with Crippen molar-refractivity contribution >= 4 is 0 Å². The van der Waals surface area contributed by atoms with Gasteiger partial charge in [0.15, 0.2) is 0 Å². The lowest BCUT2D eigenvalue weighted by Crippen LogP contribution is -2.60. The monoisotopic (exact) mass is 158 g/mol. The molecule has 6 heteroatoms. The van der Waals surface area contributed by atoms with E-state index in [9.17, 15) is 0 Å². The normalized spacial score (nSPS) is 33.6. The van der Waals surface area contributed by atoms with Gasteiger partial charge in [0.05, 0.1) is 5.70 Å². The number of hydrazine groups is 2. The predicted octanol–water partition coefficient (Wildman–Crippen LogP) is -2.22. The zero-order valence-electron chi connectivity index (χ0n) is 6.70. The second kappa shape index (κ2) is 2.00. The van der Waals surface area contributed by atoms with Crippen molar-refractivity contribution in [2.24, 2.45) is 23.0 Å². The Labute approximate surface area is 65.3 Å². The minimum Gasteiger partial charge on any atom is -0.396 e. The first kappa shape index (κ1) is 8.12. The van der Waals surface area contributed by atoms with E-state index in [1.165, 1.54) is 10.1 Å². The van der Waals surface area contributed by atoms with Crippen molar-refractivity contribution in [3.63, 3.8) is 0 Å². The predicted molar refractivity (Wildman–Crippen MR) is 41.8 cm³/mol. The van der Waals surface area contributed by atoms with Crippen molar-refractivity contribution in [3.8, 4) is 0 Å². The molecule has 0 fully saturated rings. The summed E-state index contributed by atoms with van der Waals surface area (Å²) in [5.74, 6) is 5.97. The highest BCUT2D eigenvalue weighted by atomic mass is 15.8. The maximum Gasteiger partial charge on any atom is 0.143 e. The van der Waals surface area contributed by atoms with Gasteiger partial charge < -0.3 is 17.2 Å². The van der Waals surface area contributed by atoms with E-state index in [1.54, 1.807) is 14.0 Å². The third kappa shape index (κ3) is 0.839. The molecule has 0 aromatic carbocycles. The molecule has 0 saturated carbocycles. The highest BCUT2D eigenvalue weighted by Crippen LogP contribution is 2.23. The van der Waals surface area contributed by atoms with E-state index in [-0.39, 0.29) is 0 Å². The second-order valence-corrected chi connectivity index (χ2v) is 2.81. The fourth-order valence-corrected chi connectivity index (χ4v) is 0.985.